The van der Waals surface area contributed by atoms with E-state index >= 15 is 0 Å². The van der Waals surface area contributed by atoms with Gasteiger partial charge in [0, 0.05) is 23.6 Å². The Morgan fingerprint density at radius 3 is 2.35 bits per heavy atom. The summed E-state index contributed by atoms with van der Waals surface area (Å²) in [4.78, 5) is 12.0. The summed E-state index contributed by atoms with van der Waals surface area (Å²) < 4.78 is 0.707. The number of aliphatic hydroxyl groups excluding tert-OH is 2. The molecule has 0 saturated carbocycles. The maximum absolute atomic E-state index is 10.9. The Morgan fingerprint density at radius 1 is 1.29 bits per heavy atom. The van der Waals surface area contributed by atoms with E-state index in [2.05, 4.69) is 15.9 Å². The van der Waals surface area contributed by atoms with Crippen molar-refractivity contribution in [2.75, 3.05) is 31.2 Å². The molecular weight excluding hydrogens is 292 g/mol. The molecule has 6 nitrogen and oxygen atoms in total. The van der Waals surface area contributed by atoms with E-state index < -0.39 is 4.92 Å². The van der Waals surface area contributed by atoms with Gasteiger partial charge in [-0.25, -0.2) is 0 Å². The molecule has 1 aromatic rings. The highest BCUT2D eigenvalue weighted by Crippen LogP contribution is 2.30. The van der Waals surface area contributed by atoms with Crippen LogP contribution in [0.25, 0.3) is 0 Å². The fraction of sp³-hybridized carbons (Fsp3) is 0.400. The van der Waals surface area contributed by atoms with E-state index in [9.17, 15) is 10.1 Å². The SMILES string of the molecule is O=[N+]([O-])c1ccc(Br)cc1N(CCO)CCO. The molecule has 0 radical (unpaired) electrons. The van der Waals surface area contributed by atoms with Crippen LogP contribution in [-0.4, -0.2) is 41.4 Å². The molecule has 0 unspecified atom stereocenters. The number of benzene rings is 1. The molecule has 0 atom stereocenters. The molecule has 7 heteroatoms. The fourth-order valence-electron chi connectivity index (χ4n) is 1.50. The van der Waals surface area contributed by atoms with Crippen molar-refractivity contribution in [2.45, 2.75) is 0 Å². The second-order valence-corrected chi connectivity index (χ2v) is 4.24. The van der Waals surface area contributed by atoms with E-state index in [1.54, 1.807) is 17.0 Å². The minimum absolute atomic E-state index is 0.0462. The van der Waals surface area contributed by atoms with Gasteiger partial charge in [0.2, 0.25) is 0 Å². The van der Waals surface area contributed by atoms with Crippen molar-refractivity contribution in [3.63, 3.8) is 0 Å². The monoisotopic (exact) mass is 304 g/mol. The zero-order chi connectivity index (χ0) is 12.8. The van der Waals surface area contributed by atoms with E-state index in [4.69, 9.17) is 10.2 Å². The first-order chi connectivity index (χ1) is 8.10. The van der Waals surface area contributed by atoms with Crippen LogP contribution in [0.15, 0.2) is 22.7 Å². The van der Waals surface area contributed by atoms with Gasteiger partial charge in [0.1, 0.15) is 5.69 Å². The van der Waals surface area contributed by atoms with E-state index in [0.717, 1.165) is 0 Å². The molecule has 0 heterocycles. The zero-order valence-electron chi connectivity index (χ0n) is 9.04. The van der Waals surface area contributed by atoms with Crippen LogP contribution >= 0.6 is 15.9 Å². The number of rotatable bonds is 6. The number of nitro benzene ring substituents is 1. The number of aliphatic hydroxyl groups is 2. The summed E-state index contributed by atoms with van der Waals surface area (Å²) in [5.74, 6) is 0. The molecule has 0 aliphatic rings. The van der Waals surface area contributed by atoms with Gasteiger partial charge in [0.25, 0.3) is 5.69 Å². The summed E-state index contributed by atoms with van der Waals surface area (Å²) in [5.41, 5.74) is 0.336. The topological polar surface area (TPSA) is 86.8 Å². The van der Waals surface area contributed by atoms with Crippen LogP contribution in [0.1, 0.15) is 0 Å². The molecule has 0 spiro atoms. The van der Waals surface area contributed by atoms with Crippen LogP contribution in [0.2, 0.25) is 0 Å². The molecule has 0 bridgehead atoms. The third kappa shape index (κ3) is 3.65. The second-order valence-electron chi connectivity index (χ2n) is 3.32. The van der Waals surface area contributed by atoms with Gasteiger partial charge in [0.15, 0.2) is 0 Å². The molecule has 0 fully saturated rings. The molecule has 94 valence electrons. The molecular formula is C10H13BrN2O4. The lowest BCUT2D eigenvalue weighted by atomic mass is 10.2. The van der Waals surface area contributed by atoms with Crippen molar-refractivity contribution in [2.24, 2.45) is 0 Å². The molecule has 1 aromatic carbocycles. The van der Waals surface area contributed by atoms with E-state index in [1.165, 1.54) is 6.07 Å². The van der Waals surface area contributed by atoms with Crippen LogP contribution in [0.3, 0.4) is 0 Å². The van der Waals surface area contributed by atoms with Crippen LogP contribution < -0.4 is 4.90 Å². The third-order valence-corrected chi connectivity index (χ3v) is 2.71. The summed E-state index contributed by atoms with van der Waals surface area (Å²) in [5, 5.41) is 28.7. The van der Waals surface area contributed by atoms with E-state index in [1.807, 2.05) is 0 Å². The van der Waals surface area contributed by atoms with Crippen molar-refractivity contribution in [3.8, 4) is 0 Å². The zero-order valence-corrected chi connectivity index (χ0v) is 10.6. The van der Waals surface area contributed by atoms with Crippen LogP contribution in [0.4, 0.5) is 11.4 Å². The highest BCUT2D eigenvalue weighted by Gasteiger charge is 2.19. The van der Waals surface area contributed by atoms with Gasteiger partial charge in [-0.2, -0.15) is 0 Å². The Hall–Kier alpha value is -1.18. The van der Waals surface area contributed by atoms with Crippen LogP contribution in [0.5, 0.6) is 0 Å². The molecule has 0 aromatic heterocycles. The van der Waals surface area contributed by atoms with Gasteiger partial charge < -0.3 is 15.1 Å². The summed E-state index contributed by atoms with van der Waals surface area (Å²) in [7, 11) is 0. The molecule has 0 amide bonds. The Morgan fingerprint density at radius 2 is 1.88 bits per heavy atom. The number of hydrogen-bond acceptors (Lipinski definition) is 5. The van der Waals surface area contributed by atoms with Crippen molar-refractivity contribution in [3.05, 3.63) is 32.8 Å². The fourth-order valence-corrected chi connectivity index (χ4v) is 1.85. The minimum Gasteiger partial charge on any atom is -0.395 e. The lowest BCUT2D eigenvalue weighted by molar-refractivity contribution is -0.384. The largest absolute Gasteiger partial charge is 0.395 e. The number of halogens is 1. The highest BCUT2D eigenvalue weighted by molar-refractivity contribution is 9.10. The van der Waals surface area contributed by atoms with Gasteiger partial charge in [-0.1, -0.05) is 15.9 Å². The first kappa shape index (κ1) is 13.9. The Labute approximate surface area is 107 Å². The normalized spacial score (nSPS) is 10.3. The van der Waals surface area contributed by atoms with Gasteiger partial charge in [-0.05, 0) is 12.1 Å². The number of nitro groups is 1. The molecule has 2 N–H and O–H groups in total. The molecule has 1 rings (SSSR count). The maximum atomic E-state index is 10.9. The first-order valence-corrected chi connectivity index (χ1v) is 5.80. The average molecular weight is 305 g/mol. The summed E-state index contributed by atoms with van der Waals surface area (Å²) in [6.07, 6.45) is 0. The third-order valence-electron chi connectivity index (χ3n) is 2.21. The molecule has 0 aliphatic heterocycles. The predicted octanol–water partition coefficient (Wildman–Crippen LogP) is 1.15. The molecule has 0 saturated heterocycles. The van der Waals surface area contributed by atoms with Crippen LogP contribution in [-0.2, 0) is 0 Å². The highest BCUT2D eigenvalue weighted by atomic mass is 79.9. The lowest BCUT2D eigenvalue weighted by Crippen LogP contribution is -2.30. The Bertz CT molecular complexity index is 394. The van der Waals surface area contributed by atoms with E-state index in [-0.39, 0.29) is 32.0 Å². The van der Waals surface area contributed by atoms with Gasteiger partial charge in [-0.3, -0.25) is 10.1 Å². The minimum atomic E-state index is -0.483. The molecule has 17 heavy (non-hydrogen) atoms. The molecule has 0 aliphatic carbocycles. The van der Waals surface area contributed by atoms with Gasteiger partial charge in [-0.15, -0.1) is 0 Å². The van der Waals surface area contributed by atoms with Crippen molar-refractivity contribution < 1.29 is 15.1 Å². The maximum Gasteiger partial charge on any atom is 0.292 e. The van der Waals surface area contributed by atoms with Crippen molar-refractivity contribution in [1.29, 1.82) is 0 Å². The summed E-state index contributed by atoms with van der Waals surface area (Å²) in [6.45, 7) is 0.197. The first-order valence-electron chi connectivity index (χ1n) is 5.00. The number of anilines is 1. The van der Waals surface area contributed by atoms with E-state index in [0.29, 0.717) is 10.2 Å². The van der Waals surface area contributed by atoms with Gasteiger partial charge >= 0.3 is 0 Å². The van der Waals surface area contributed by atoms with Crippen LogP contribution in [0, 0.1) is 10.1 Å². The second kappa shape index (κ2) is 6.53. The van der Waals surface area contributed by atoms with Crippen molar-refractivity contribution >= 4 is 27.3 Å². The predicted molar refractivity (Wildman–Crippen MR) is 67.2 cm³/mol. The smallest absolute Gasteiger partial charge is 0.292 e. The number of nitrogens with zero attached hydrogens (tertiary/aromatic N) is 2. The van der Waals surface area contributed by atoms with Crippen molar-refractivity contribution in [1.82, 2.24) is 0 Å². The standard InChI is InChI=1S/C10H13BrN2O4/c11-8-1-2-9(13(16)17)10(7-8)12(3-5-14)4-6-15/h1-2,7,14-15H,3-6H2. The average Bonchev–Trinajstić information content (AvgIpc) is 2.28. The number of hydrogen-bond donors (Lipinski definition) is 2. The summed E-state index contributed by atoms with van der Waals surface area (Å²) >= 11 is 3.24. The lowest BCUT2D eigenvalue weighted by Gasteiger charge is -2.22. The Balaban J connectivity index is 3.14. The Kier molecular flexibility index (Phi) is 5.33. The van der Waals surface area contributed by atoms with Gasteiger partial charge in [0.05, 0.1) is 18.1 Å². The quantitative estimate of drug-likeness (QED) is 0.608. The summed E-state index contributed by atoms with van der Waals surface area (Å²) in [6, 6.07) is 4.57.